The van der Waals surface area contributed by atoms with E-state index in [2.05, 4.69) is 30.0 Å². The number of nitrogens with zero attached hydrogens (tertiary/aromatic N) is 2. The van der Waals surface area contributed by atoms with Gasteiger partial charge in [0.2, 0.25) is 5.95 Å². The minimum atomic E-state index is -0.597. The lowest BCUT2D eigenvalue weighted by molar-refractivity contribution is 0.194. The van der Waals surface area contributed by atoms with Crippen LogP contribution in [0.2, 0.25) is 5.02 Å². The molecule has 0 aliphatic rings. The number of unbranched alkanes of at least 4 members (excludes halogenated alkanes) is 1. The van der Waals surface area contributed by atoms with E-state index in [0.717, 1.165) is 6.61 Å². The van der Waals surface area contributed by atoms with Crippen molar-refractivity contribution in [2.24, 2.45) is 0 Å². The summed E-state index contributed by atoms with van der Waals surface area (Å²) < 4.78 is 18.1. The first-order valence-corrected chi connectivity index (χ1v) is 8.20. The van der Waals surface area contributed by atoms with Crippen molar-refractivity contribution in [2.45, 2.75) is 19.8 Å². The maximum Gasteiger partial charge on any atom is 0.213 e. The molecule has 0 aromatic carbocycles. The molecule has 0 bridgehead atoms. The van der Waals surface area contributed by atoms with Crippen LogP contribution in [0.4, 0.5) is 10.2 Å². The number of aromatic nitrogens is 2. The molecular weight excluding hydrogens is 341 g/mol. The molecule has 4 nitrogen and oxygen atoms in total. The Hall–Kier alpha value is -2.24. The number of halogens is 2. The molecular formula is C19H23ClFN3O. The molecule has 0 saturated heterocycles. The second kappa shape index (κ2) is 10.6. The molecule has 2 rings (SSSR count). The fourth-order valence-electron chi connectivity index (χ4n) is 1.98. The number of nitrogen functional groups attached to an aromatic ring is 1. The summed E-state index contributed by atoms with van der Waals surface area (Å²) in [5.41, 5.74) is 6.79. The first kappa shape index (κ1) is 20.8. The molecule has 0 aliphatic carbocycles. The lowest BCUT2D eigenvalue weighted by Gasteiger charge is -2.06. The molecule has 2 N–H and O–H groups in total. The summed E-state index contributed by atoms with van der Waals surface area (Å²) in [5.74, 6) is -0.291. The Morgan fingerprint density at radius 2 is 2.16 bits per heavy atom. The van der Waals surface area contributed by atoms with E-state index in [9.17, 15) is 4.39 Å². The first-order chi connectivity index (χ1) is 11.9. The molecule has 0 fully saturated rings. The second-order valence-corrected chi connectivity index (χ2v) is 5.60. The summed E-state index contributed by atoms with van der Waals surface area (Å²) in [5, 5.41) is 1.33. The zero-order valence-electron chi connectivity index (χ0n) is 14.6. The van der Waals surface area contributed by atoms with Gasteiger partial charge in [-0.15, -0.1) is 0 Å². The Kier molecular flexibility index (Phi) is 8.81. The van der Waals surface area contributed by atoms with Crippen LogP contribution in [-0.2, 0) is 4.74 Å². The number of allylic oxidation sites excluding steroid dienone is 1. The Labute approximate surface area is 152 Å². The normalized spacial score (nSPS) is 11.4. The van der Waals surface area contributed by atoms with E-state index in [0.29, 0.717) is 32.5 Å². The fourth-order valence-corrected chi connectivity index (χ4v) is 2.19. The van der Waals surface area contributed by atoms with Crippen molar-refractivity contribution in [1.29, 1.82) is 0 Å². The molecule has 2 aromatic heterocycles. The highest BCUT2D eigenvalue weighted by Gasteiger charge is 2.08. The molecule has 2 heterocycles. The maximum absolute atomic E-state index is 13.3. The average molecular weight is 364 g/mol. The number of hydrogen-bond acceptors (Lipinski definition) is 4. The van der Waals surface area contributed by atoms with Gasteiger partial charge in [-0.05, 0) is 29.8 Å². The molecule has 0 amide bonds. The van der Waals surface area contributed by atoms with E-state index in [4.69, 9.17) is 22.1 Å². The van der Waals surface area contributed by atoms with Gasteiger partial charge in [0.15, 0.2) is 0 Å². The molecule has 134 valence electrons. The molecule has 0 aliphatic heterocycles. The van der Waals surface area contributed by atoms with E-state index in [1.165, 1.54) is 31.2 Å². The van der Waals surface area contributed by atoms with Gasteiger partial charge in [0.25, 0.3) is 0 Å². The van der Waals surface area contributed by atoms with Gasteiger partial charge < -0.3 is 10.5 Å². The van der Waals surface area contributed by atoms with Gasteiger partial charge in [-0.3, -0.25) is 0 Å². The van der Waals surface area contributed by atoms with E-state index in [1.54, 1.807) is 19.2 Å². The van der Waals surface area contributed by atoms with E-state index in [-0.39, 0.29) is 0 Å². The molecule has 0 spiro atoms. The third-order valence-electron chi connectivity index (χ3n) is 3.27. The van der Waals surface area contributed by atoms with Crippen LogP contribution in [0.25, 0.3) is 12.2 Å². The van der Waals surface area contributed by atoms with Gasteiger partial charge in [-0.1, -0.05) is 44.2 Å². The number of anilines is 1. The summed E-state index contributed by atoms with van der Waals surface area (Å²) >= 11 is 6.08. The summed E-state index contributed by atoms with van der Waals surface area (Å²) in [7, 11) is 1.73. The Morgan fingerprint density at radius 1 is 1.44 bits per heavy atom. The topological polar surface area (TPSA) is 61.0 Å². The maximum atomic E-state index is 13.3. The predicted molar refractivity (Wildman–Crippen MR) is 102 cm³/mol. The standard InChI is InChI=1S/C14H11ClFN3.C5H12O/c1-3-9(10-6-13(17)18-7-11(10)15)14-8(2)4-5-12(16)19-14;1-3-4-5-6-2/h3-7H,1-2H2,(H2,17,18);3-5H2,1-2H3/b14-9-;. The molecule has 25 heavy (non-hydrogen) atoms. The van der Waals surface area contributed by atoms with Crippen molar-refractivity contribution < 1.29 is 9.13 Å². The van der Waals surface area contributed by atoms with Crippen LogP contribution in [0, 0.1) is 5.95 Å². The Balaban J connectivity index is 0.000000450. The average Bonchev–Trinajstić information content (AvgIpc) is 2.60. The van der Waals surface area contributed by atoms with Crippen molar-refractivity contribution in [2.75, 3.05) is 19.5 Å². The molecule has 2 aromatic rings. The van der Waals surface area contributed by atoms with Gasteiger partial charge in [0, 0.05) is 31.1 Å². The zero-order chi connectivity index (χ0) is 18.8. The highest BCUT2D eigenvalue weighted by Crippen LogP contribution is 2.23. The van der Waals surface area contributed by atoms with Crippen LogP contribution in [0.3, 0.4) is 0 Å². The fraction of sp³-hybridized carbons (Fsp3) is 0.263. The van der Waals surface area contributed by atoms with Crippen LogP contribution >= 0.6 is 11.6 Å². The lowest BCUT2D eigenvalue weighted by atomic mass is 10.1. The second-order valence-electron chi connectivity index (χ2n) is 5.19. The van der Waals surface area contributed by atoms with Gasteiger partial charge in [0.05, 0.1) is 10.4 Å². The minimum Gasteiger partial charge on any atom is -0.385 e. The van der Waals surface area contributed by atoms with Crippen LogP contribution in [-0.4, -0.2) is 23.7 Å². The summed E-state index contributed by atoms with van der Waals surface area (Å²) in [6.07, 6.45) is 5.39. The third-order valence-corrected chi connectivity index (χ3v) is 3.57. The largest absolute Gasteiger partial charge is 0.385 e. The molecule has 0 atom stereocenters. The Bertz CT molecular complexity index is 820. The highest BCUT2D eigenvalue weighted by atomic mass is 35.5. The van der Waals surface area contributed by atoms with Gasteiger partial charge in [-0.25, -0.2) is 9.97 Å². The number of pyridine rings is 2. The van der Waals surface area contributed by atoms with Crippen molar-refractivity contribution in [3.63, 3.8) is 0 Å². The first-order valence-electron chi connectivity index (χ1n) is 7.83. The lowest BCUT2D eigenvalue weighted by Crippen LogP contribution is -2.30. The summed E-state index contributed by atoms with van der Waals surface area (Å²) in [6, 6.07) is 4.38. The zero-order valence-corrected chi connectivity index (χ0v) is 15.3. The Morgan fingerprint density at radius 3 is 2.72 bits per heavy atom. The SMILES string of the molecule is C=C/C(c1cc(N)ncc1Cl)=c1/nc(F)ccc1=C.CCCCOC. The summed E-state index contributed by atoms with van der Waals surface area (Å²) in [4.78, 5) is 7.71. The smallest absolute Gasteiger partial charge is 0.213 e. The predicted octanol–water partition coefficient (Wildman–Crippen LogP) is 3.08. The van der Waals surface area contributed by atoms with Crippen LogP contribution in [0.15, 0.2) is 37.1 Å². The van der Waals surface area contributed by atoms with Gasteiger partial charge in [0.1, 0.15) is 5.82 Å². The molecule has 0 unspecified atom stereocenters. The monoisotopic (exact) mass is 363 g/mol. The van der Waals surface area contributed by atoms with Crippen LogP contribution in [0.5, 0.6) is 0 Å². The summed E-state index contributed by atoms with van der Waals surface area (Å²) in [6.45, 7) is 10.6. The molecule has 0 saturated carbocycles. The quantitative estimate of drug-likeness (QED) is 0.655. The highest BCUT2D eigenvalue weighted by molar-refractivity contribution is 6.32. The number of methoxy groups -OCH3 is 1. The molecule has 6 heteroatoms. The van der Waals surface area contributed by atoms with Crippen molar-refractivity contribution in [1.82, 2.24) is 9.97 Å². The third kappa shape index (κ3) is 6.29. The van der Waals surface area contributed by atoms with Crippen molar-refractivity contribution in [3.05, 3.63) is 64.2 Å². The number of ether oxygens (including phenoxy) is 1. The van der Waals surface area contributed by atoms with E-state index < -0.39 is 5.95 Å². The van der Waals surface area contributed by atoms with Crippen LogP contribution in [0.1, 0.15) is 25.3 Å². The van der Waals surface area contributed by atoms with Crippen molar-refractivity contribution in [3.8, 4) is 0 Å². The van der Waals surface area contributed by atoms with E-state index in [1.807, 2.05) is 0 Å². The number of rotatable bonds is 5. The van der Waals surface area contributed by atoms with Crippen molar-refractivity contribution >= 4 is 29.6 Å². The number of hydrogen-bond donors (Lipinski definition) is 1. The van der Waals surface area contributed by atoms with Gasteiger partial charge >= 0.3 is 0 Å². The minimum absolute atomic E-state index is 0.306. The number of nitrogens with two attached hydrogens (primary N) is 1. The van der Waals surface area contributed by atoms with Gasteiger partial charge in [-0.2, -0.15) is 4.39 Å². The van der Waals surface area contributed by atoms with E-state index >= 15 is 0 Å². The molecule has 0 radical (unpaired) electrons. The van der Waals surface area contributed by atoms with Crippen LogP contribution < -0.4 is 16.3 Å².